The van der Waals surface area contributed by atoms with Gasteiger partial charge in [0.1, 0.15) is 0 Å². The summed E-state index contributed by atoms with van der Waals surface area (Å²) >= 11 is -2.12. The van der Waals surface area contributed by atoms with Gasteiger partial charge in [0.05, 0.1) is 6.61 Å². The van der Waals surface area contributed by atoms with Gasteiger partial charge in [-0.2, -0.15) is 4.21 Å². The molecule has 0 aliphatic rings. The summed E-state index contributed by atoms with van der Waals surface area (Å²) in [6.07, 6.45) is 0.617. The van der Waals surface area contributed by atoms with Crippen molar-refractivity contribution in [2.45, 2.75) is 6.42 Å². The van der Waals surface area contributed by atoms with Gasteiger partial charge in [-0.05, 0) is 13.0 Å². The summed E-state index contributed by atoms with van der Waals surface area (Å²) in [4.78, 5) is 0. The quantitative estimate of drug-likeness (QED) is 0.406. The van der Waals surface area contributed by atoms with E-state index < -0.39 is 11.4 Å². The Labute approximate surface area is 50.5 Å². The molecular formula is C3H9NO3S. The van der Waals surface area contributed by atoms with E-state index in [0.29, 0.717) is 13.0 Å². The van der Waals surface area contributed by atoms with Crippen LogP contribution < -0.4 is 5.73 Å². The number of hydrogen-bond donors (Lipinski definition) is 2. The van der Waals surface area contributed by atoms with Gasteiger partial charge in [-0.25, -0.2) is 0 Å². The molecule has 0 rings (SSSR count). The van der Waals surface area contributed by atoms with Crippen molar-refractivity contribution in [1.82, 2.24) is 0 Å². The Morgan fingerprint density at radius 2 is 2.38 bits per heavy atom. The van der Waals surface area contributed by atoms with E-state index in [4.69, 9.17) is 10.3 Å². The van der Waals surface area contributed by atoms with Crippen molar-refractivity contribution in [3.8, 4) is 0 Å². The molecule has 0 fully saturated rings. The van der Waals surface area contributed by atoms with Crippen molar-refractivity contribution in [2.24, 2.45) is 5.73 Å². The smallest absolute Gasteiger partial charge is 0.301 e. The van der Waals surface area contributed by atoms with E-state index in [1.807, 2.05) is 0 Å². The highest BCUT2D eigenvalue weighted by atomic mass is 32.2. The van der Waals surface area contributed by atoms with E-state index in [2.05, 4.69) is 4.18 Å². The minimum atomic E-state index is -2.12. The Balaban J connectivity index is 2.82. The van der Waals surface area contributed by atoms with Gasteiger partial charge in [0.15, 0.2) is 0 Å². The molecule has 0 radical (unpaired) electrons. The van der Waals surface area contributed by atoms with Crippen molar-refractivity contribution in [3.63, 3.8) is 0 Å². The Morgan fingerprint density at radius 3 is 2.75 bits per heavy atom. The van der Waals surface area contributed by atoms with E-state index in [9.17, 15) is 4.21 Å². The van der Waals surface area contributed by atoms with Crippen molar-refractivity contribution in [2.75, 3.05) is 13.2 Å². The minimum absolute atomic E-state index is 0.250. The Morgan fingerprint density at radius 1 is 1.75 bits per heavy atom. The van der Waals surface area contributed by atoms with Crippen LogP contribution >= 0.6 is 0 Å². The standard InChI is InChI=1S/C3H9NO3S/c4-2-1-3-7-8(5)6/h1-4H2,(H,5,6). The molecule has 0 heterocycles. The van der Waals surface area contributed by atoms with Crippen molar-refractivity contribution < 1.29 is 12.9 Å². The predicted molar refractivity (Wildman–Crippen MR) is 30.4 cm³/mol. The van der Waals surface area contributed by atoms with Crippen LogP contribution in [0.3, 0.4) is 0 Å². The van der Waals surface area contributed by atoms with E-state index in [1.165, 1.54) is 0 Å². The summed E-state index contributed by atoms with van der Waals surface area (Å²) in [5, 5.41) is 0. The van der Waals surface area contributed by atoms with Gasteiger partial charge >= 0.3 is 11.4 Å². The molecule has 0 saturated carbocycles. The third-order valence-corrected chi connectivity index (χ3v) is 0.901. The number of hydrogen-bond acceptors (Lipinski definition) is 3. The van der Waals surface area contributed by atoms with Gasteiger partial charge in [0.25, 0.3) is 0 Å². The topological polar surface area (TPSA) is 72.5 Å². The van der Waals surface area contributed by atoms with Crippen LogP contribution in [0.1, 0.15) is 6.42 Å². The fraction of sp³-hybridized carbons (Fsp3) is 1.00. The summed E-state index contributed by atoms with van der Waals surface area (Å²) < 4.78 is 21.9. The summed E-state index contributed by atoms with van der Waals surface area (Å²) in [6.45, 7) is 0.733. The van der Waals surface area contributed by atoms with Crippen LogP contribution in [0.4, 0.5) is 0 Å². The van der Waals surface area contributed by atoms with Gasteiger partial charge in [-0.1, -0.05) is 0 Å². The minimum Gasteiger partial charge on any atom is -0.330 e. The molecule has 1 unspecified atom stereocenters. The van der Waals surface area contributed by atoms with Crippen LogP contribution in [0, 0.1) is 0 Å². The third kappa shape index (κ3) is 6.03. The van der Waals surface area contributed by atoms with Crippen LogP contribution in [-0.2, 0) is 15.5 Å². The van der Waals surface area contributed by atoms with Crippen LogP contribution in [0.5, 0.6) is 0 Å². The maximum absolute atomic E-state index is 9.72. The average molecular weight is 139 g/mol. The van der Waals surface area contributed by atoms with E-state index in [1.54, 1.807) is 0 Å². The molecular weight excluding hydrogens is 130 g/mol. The lowest BCUT2D eigenvalue weighted by molar-refractivity contribution is 0.304. The van der Waals surface area contributed by atoms with Crippen LogP contribution in [0.25, 0.3) is 0 Å². The number of rotatable bonds is 4. The maximum Gasteiger partial charge on any atom is 0.301 e. The maximum atomic E-state index is 9.72. The SMILES string of the molecule is NCCCOS(=O)O. The molecule has 0 spiro atoms. The Kier molecular flexibility index (Phi) is 5.19. The highest BCUT2D eigenvalue weighted by Crippen LogP contribution is 1.80. The molecule has 1 atom stereocenters. The van der Waals surface area contributed by atoms with Crippen molar-refractivity contribution >= 4 is 11.4 Å². The van der Waals surface area contributed by atoms with Gasteiger partial charge in [0, 0.05) is 0 Å². The molecule has 8 heavy (non-hydrogen) atoms. The van der Waals surface area contributed by atoms with Gasteiger partial charge in [0.2, 0.25) is 0 Å². The molecule has 0 aromatic rings. The van der Waals surface area contributed by atoms with Crippen LogP contribution in [-0.4, -0.2) is 21.9 Å². The van der Waals surface area contributed by atoms with E-state index in [0.717, 1.165) is 0 Å². The predicted octanol–water partition coefficient (Wildman–Crippen LogP) is -0.511. The normalized spacial score (nSPS) is 13.8. The highest BCUT2D eigenvalue weighted by molar-refractivity contribution is 7.74. The van der Waals surface area contributed by atoms with Crippen LogP contribution in [0.15, 0.2) is 0 Å². The highest BCUT2D eigenvalue weighted by Gasteiger charge is 1.89. The summed E-state index contributed by atoms with van der Waals surface area (Å²) in [5.41, 5.74) is 5.05. The average Bonchev–Trinajstić information content (AvgIpc) is 1.66. The Bertz CT molecular complexity index is 76.9. The first-order valence-electron chi connectivity index (χ1n) is 2.21. The molecule has 0 aromatic heterocycles. The molecule has 0 aromatic carbocycles. The molecule has 50 valence electrons. The second-order valence-electron chi connectivity index (χ2n) is 1.18. The molecule has 4 nitrogen and oxygen atoms in total. The Hall–Kier alpha value is 0.0300. The second kappa shape index (κ2) is 5.17. The molecule has 5 heteroatoms. The van der Waals surface area contributed by atoms with E-state index >= 15 is 0 Å². The fourth-order valence-corrected chi connectivity index (χ4v) is 0.474. The van der Waals surface area contributed by atoms with Gasteiger partial charge < -0.3 is 5.73 Å². The molecule has 0 saturated heterocycles. The van der Waals surface area contributed by atoms with Crippen LogP contribution in [0.2, 0.25) is 0 Å². The zero-order valence-electron chi connectivity index (χ0n) is 4.37. The van der Waals surface area contributed by atoms with Crippen molar-refractivity contribution in [1.29, 1.82) is 0 Å². The molecule has 0 aliphatic heterocycles. The molecule has 3 N–H and O–H groups in total. The first kappa shape index (κ1) is 8.03. The lowest BCUT2D eigenvalue weighted by Gasteiger charge is -1.92. The summed E-state index contributed by atoms with van der Waals surface area (Å²) in [7, 11) is 0. The van der Waals surface area contributed by atoms with Crippen molar-refractivity contribution in [3.05, 3.63) is 0 Å². The molecule has 0 amide bonds. The molecule has 0 aliphatic carbocycles. The summed E-state index contributed by atoms with van der Waals surface area (Å²) in [6, 6.07) is 0. The monoisotopic (exact) mass is 139 g/mol. The fourth-order valence-electron chi connectivity index (χ4n) is 0.214. The number of nitrogens with two attached hydrogens (primary N) is 1. The molecule has 0 bridgehead atoms. The second-order valence-corrected chi connectivity index (χ2v) is 1.85. The summed E-state index contributed by atoms with van der Waals surface area (Å²) in [5.74, 6) is 0. The lowest BCUT2D eigenvalue weighted by Crippen LogP contribution is -2.05. The van der Waals surface area contributed by atoms with Gasteiger partial charge in [-0.15, -0.1) is 0 Å². The van der Waals surface area contributed by atoms with Gasteiger partial charge in [-0.3, -0.25) is 8.74 Å². The third-order valence-electron chi connectivity index (χ3n) is 0.533. The first-order chi connectivity index (χ1) is 3.77. The van der Waals surface area contributed by atoms with E-state index in [-0.39, 0.29) is 6.61 Å². The zero-order chi connectivity index (χ0) is 6.41. The largest absolute Gasteiger partial charge is 0.330 e. The first-order valence-corrected chi connectivity index (χ1v) is 3.24. The zero-order valence-corrected chi connectivity index (χ0v) is 5.19. The lowest BCUT2D eigenvalue weighted by atomic mass is 10.5.